The number of rotatable bonds is 4. The second-order valence-electron chi connectivity index (χ2n) is 11.1. The first-order valence-corrected chi connectivity index (χ1v) is 12.0. The first kappa shape index (κ1) is 21.8. The summed E-state index contributed by atoms with van der Waals surface area (Å²) in [5.41, 5.74) is 0.386. The Morgan fingerprint density at radius 3 is 2.23 bits per heavy atom. The summed E-state index contributed by atoms with van der Waals surface area (Å²) in [4.78, 5) is 35.5. The van der Waals surface area contributed by atoms with Crippen molar-refractivity contribution in [3.8, 4) is 0 Å². The van der Waals surface area contributed by atoms with E-state index in [-0.39, 0.29) is 41.8 Å². The lowest BCUT2D eigenvalue weighted by atomic mass is 9.44. The molecule has 8 atom stereocenters. The predicted octanol–water partition coefficient (Wildman–Crippen LogP) is 4.71. The van der Waals surface area contributed by atoms with Crippen LogP contribution in [0.4, 0.5) is 0 Å². The molecule has 4 saturated carbocycles. The maximum atomic E-state index is 12.9. The van der Waals surface area contributed by atoms with Crippen molar-refractivity contribution in [1.82, 2.24) is 0 Å². The third-order valence-corrected chi connectivity index (χ3v) is 9.76. The van der Waals surface area contributed by atoms with E-state index in [1.54, 1.807) is 0 Å². The molecule has 4 aliphatic carbocycles. The topological polar surface area (TPSA) is 69.7 Å². The molecule has 4 fully saturated rings. The molecule has 168 valence electrons. The van der Waals surface area contributed by atoms with Crippen LogP contribution < -0.4 is 0 Å². The fourth-order valence-corrected chi connectivity index (χ4v) is 8.36. The van der Waals surface area contributed by atoms with Gasteiger partial charge in [0.25, 0.3) is 0 Å². The van der Waals surface area contributed by atoms with E-state index in [4.69, 9.17) is 9.47 Å². The molecule has 0 heterocycles. The number of ketones is 1. The zero-order valence-electron chi connectivity index (χ0n) is 19.1. The molecule has 4 rings (SSSR count). The van der Waals surface area contributed by atoms with E-state index in [2.05, 4.69) is 13.8 Å². The number of carbonyl (C=O) groups excluding carboxylic acids is 3. The van der Waals surface area contributed by atoms with E-state index in [0.717, 1.165) is 44.4 Å². The lowest BCUT2D eigenvalue weighted by Gasteiger charge is -2.61. The molecule has 0 spiro atoms. The van der Waals surface area contributed by atoms with Gasteiger partial charge >= 0.3 is 11.9 Å². The average Bonchev–Trinajstić information content (AvgIpc) is 3.03. The second-order valence-corrected chi connectivity index (χ2v) is 11.1. The van der Waals surface area contributed by atoms with Crippen LogP contribution in [0.3, 0.4) is 0 Å². The molecule has 0 aliphatic heterocycles. The molecule has 0 bridgehead atoms. The van der Waals surface area contributed by atoms with Gasteiger partial charge in [0.15, 0.2) is 5.78 Å². The molecule has 5 nitrogen and oxygen atoms in total. The van der Waals surface area contributed by atoms with Crippen LogP contribution >= 0.6 is 0 Å². The maximum Gasteiger partial charge on any atom is 0.303 e. The summed E-state index contributed by atoms with van der Waals surface area (Å²) in [5.74, 6) is 2.29. The summed E-state index contributed by atoms with van der Waals surface area (Å²) in [6.45, 7) is 7.66. The summed E-state index contributed by atoms with van der Waals surface area (Å²) >= 11 is 0. The van der Waals surface area contributed by atoms with Crippen molar-refractivity contribution in [3.63, 3.8) is 0 Å². The highest BCUT2D eigenvalue weighted by Gasteiger charge is 2.61. The van der Waals surface area contributed by atoms with Crippen molar-refractivity contribution < 1.29 is 23.9 Å². The molecule has 5 heteroatoms. The van der Waals surface area contributed by atoms with Crippen LogP contribution in [0.15, 0.2) is 0 Å². The zero-order valence-corrected chi connectivity index (χ0v) is 19.1. The smallest absolute Gasteiger partial charge is 0.303 e. The molecule has 0 aromatic heterocycles. The Hall–Kier alpha value is -1.39. The van der Waals surface area contributed by atoms with Gasteiger partial charge in [0.1, 0.15) is 12.7 Å². The Kier molecular flexibility index (Phi) is 5.78. The minimum Gasteiger partial charge on any atom is -0.463 e. The number of fused-ring (bicyclic) bond motifs is 5. The number of esters is 2. The van der Waals surface area contributed by atoms with Crippen LogP contribution in [0.5, 0.6) is 0 Å². The van der Waals surface area contributed by atoms with Crippen LogP contribution in [0.25, 0.3) is 0 Å². The van der Waals surface area contributed by atoms with E-state index in [0.29, 0.717) is 23.2 Å². The first-order valence-electron chi connectivity index (χ1n) is 12.0. The van der Waals surface area contributed by atoms with Crippen LogP contribution in [-0.4, -0.2) is 30.4 Å². The SMILES string of the molecule is CC(=O)OCC(=O)[C@@H]1CC[C@@H]2[C@@H]3CC[C@H]4C[C@H](OC(C)=O)CC[C@]4(C)[C@@H]3CC[C@@]21C. The number of hydrogen-bond donors (Lipinski definition) is 0. The number of Topliss-reactive ketones (excluding diaryl/α,β-unsaturated/α-hetero) is 1. The van der Waals surface area contributed by atoms with E-state index < -0.39 is 0 Å². The number of hydrogen-bond acceptors (Lipinski definition) is 5. The minimum atomic E-state index is -0.373. The van der Waals surface area contributed by atoms with Crippen LogP contribution in [0, 0.1) is 40.4 Å². The van der Waals surface area contributed by atoms with E-state index in [1.165, 1.54) is 33.1 Å². The van der Waals surface area contributed by atoms with Gasteiger partial charge in [-0.05, 0) is 92.3 Å². The van der Waals surface area contributed by atoms with Gasteiger partial charge in [-0.3, -0.25) is 14.4 Å². The molecule has 4 aliphatic rings. The fraction of sp³-hybridized carbons (Fsp3) is 0.880. The maximum absolute atomic E-state index is 12.9. The Labute approximate surface area is 180 Å². The van der Waals surface area contributed by atoms with Crippen LogP contribution in [-0.2, 0) is 23.9 Å². The molecule has 0 aromatic carbocycles. The van der Waals surface area contributed by atoms with Gasteiger partial charge in [-0.25, -0.2) is 0 Å². The number of carbonyl (C=O) groups is 3. The molecular weight excluding hydrogens is 380 g/mol. The fourth-order valence-electron chi connectivity index (χ4n) is 8.36. The summed E-state index contributed by atoms with van der Waals surface area (Å²) < 4.78 is 10.6. The standard InChI is InChI=1S/C25H38O5/c1-15(26)29-14-23(28)22-8-7-20-19-6-5-17-13-18(30-16(2)27)9-11-24(17,3)21(19)10-12-25(20,22)4/h17-22H,5-14H2,1-4H3/t17-,18+,19-,20+,21+,22-,24-,25-/m0/s1. The highest BCUT2D eigenvalue weighted by molar-refractivity contribution is 5.85. The lowest BCUT2D eigenvalue weighted by molar-refractivity contribution is -0.161. The summed E-state index contributed by atoms with van der Waals surface area (Å²) in [7, 11) is 0. The van der Waals surface area contributed by atoms with Crippen LogP contribution in [0.1, 0.15) is 85.5 Å². The molecule has 0 saturated heterocycles. The Morgan fingerprint density at radius 1 is 0.833 bits per heavy atom. The molecule has 0 amide bonds. The third-order valence-electron chi connectivity index (χ3n) is 9.76. The Balaban J connectivity index is 1.48. The van der Waals surface area contributed by atoms with Crippen LogP contribution in [0.2, 0.25) is 0 Å². The highest BCUT2D eigenvalue weighted by atomic mass is 16.5. The minimum absolute atomic E-state index is 0.0352. The van der Waals surface area contributed by atoms with Gasteiger partial charge in [-0.2, -0.15) is 0 Å². The van der Waals surface area contributed by atoms with E-state index in [9.17, 15) is 14.4 Å². The van der Waals surface area contributed by atoms with Gasteiger partial charge in [-0.15, -0.1) is 0 Å². The van der Waals surface area contributed by atoms with Crippen molar-refractivity contribution >= 4 is 17.7 Å². The third kappa shape index (κ3) is 3.60. The molecule has 30 heavy (non-hydrogen) atoms. The molecular formula is C25H38O5. The summed E-state index contributed by atoms with van der Waals surface area (Å²) in [6, 6.07) is 0. The first-order chi connectivity index (χ1) is 14.1. The lowest BCUT2D eigenvalue weighted by Crippen LogP contribution is -2.54. The molecule has 0 unspecified atom stereocenters. The summed E-state index contributed by atoms with van der Waals surface area (Å²) in [6.07, 6.45) is 10.1. The second kappa shape index (κ2) is 7.94. The Morgan fingerprint density at radius 2 is 1.53 bits per heavy atom. The quantitative estimate of drug-likeness (QED) is 0.619. The zero-order chi connectivity index (χ0) is 21.7. The van der Waals surface area contributed by atoms with Gasteiger partial charge in [0.05, 0.1) is 0 Å². The van der Waals surface area contributed by atoms with Gasteiger partial charge in [-0.1, -0.05) is 13.8 Å². The molecule has 0 N–H and O–H groups in total. The monoisotopic (exact) mass is 418 g/mol. The van der Waals surface area contributed by atoms with E-state index >= 15 is 0 Å². The largest absolute Gasteiger partial charge is 0.463 e. The van der Waals surface area contributed by atoms with Crippen molar-refractivity contribution in [1.29, 1.82) is 0 Å². The summed E-state index contributed by atoms with van der Waals surface area (Å²) in [5, 5.41) is 0. The molecule has 0 radical (unpaired) electrons. The average molecular weight is 419 g/mol. The van der Waals surface area contributed by atoms with Gasteiger partial charge in [0, 0.05) is 19.8 Å². The predicted molar refractivity (Wildman–Crippen MR) is 112 cm³/mol. The van der Waals surface area contributed by atoms with Crippen molar-refractivity contribution in [3.05, 3.63) is 0 Å². The van der Waals surface area contributed by atoms with Gasteiger partial charge in [0.2, 0.25) is 0 Å². The molecule has 0 aromatic rings. The normalized spacial score (nSPS) is 44.9. The van der Waals surface area contributed by atoms with Crippen molar-refractivity contribution in [2.24, 2.45) is 40.4 Å². The number of ether oxygens (including phenoxy) is 2. The van der Waals surface area contributed by atoms with Crippen molar-refractivity contribution in [2.45, 2.75) is 91.6 Å². The highest BCUT2D eigenvalue weighted by Crippen LogP contribution is 2.67. The van der Waals surface area contributed by atoms with Crippen molar-refractivity contribution in [2.75, 3.05) is 6.61 Å². The van der Waals surface area contributed by atoms with E-state index in [1.807, 2.05) is 0 Å². The van der Waals surface area contributed by atoms with Gasteiger partial charge < -0.3 is 9.47 Å². The Bertz CT molecular complexity index is 716.